The van der Waals surface area contributed by atoms with Crippen molar-refractivity contribution in [3.63, 3.8) is 0 Å². The summed E-state index contributed by atoms with van der Waals surface area (Å²) in [5.74, 6) is 0.339. The van der Waals surface area contributed by atoms with Gasteiger partial charge in [-0.2, -0.15) is 5.10 Å². The quantitative estimate of drug-likeness (QED) is 0.717. The Morgan fingerprint density at radius 3 is 2.75 bits per heavy atom. The molecule has 0 N–H and O–H groups in total. The number of hydrogen-bond acceptors (Lipinski definition) is 1. The third-order valence-electron chi connectivity index (χ3n) is 1.68. The summed E-state index contributed by atoms with van der Waals surface area (Å²) in [6, 6.07) is 0. The van der Waals surface area contributed by atoms with Gasteiger partial charge in [0.25, 0.3) is 0 Å². The lowest BCUT2D eigenvalue weighted by molar-refractivity contribution is 0.427. The number of rotatable bonds is 3. The van der Waals surface area contributed by atoms with E-state index in [9.17, 15) is 4.39 Å². The first-order valence-electron chi connectivity index (χ1n) is 3.94. The van der Waals surface area contributed by atoms with Crippen LogP contribution < -0.4 is 0 Å². The minimum absolute atomic E-state index is 0.284. The highest BCUT2D eigenvalue weighted by Gasteiger charge is 2.09. The molecule has 0 radical (unpaired) electrons. The van der Waals surface area contributed by atoms with Crippen molar-refractivity contribution < 1.29 is 4.39 Å². The van der Waals surface area contributed by atoms with E-state index in [-0.39, 0.29) is 6.54 Å². The van der Waals surface area contributed by atoms with Gasteiger partial charge in [0, 0.05) is 11.8 Å². The molecular weight excluding hydrogens is 179 g/mol. The van der Waals surface area contributed by atoms with Gasteiger partial charge < -0.3 is 0 Å². The van der Waals surface area contributed by atoms with E-state index >= 15 is 0 Å². The summed E-state index contributed by atoms with van der Waals surface area (Å²) in [7, 11) is 0. The SMILES string of the molecule is CC(C)c1cn(CCF)nc1Cl. The number of aromatic nitrogens is 2. The zero-order chi connectivity index (χ0) is 9.14. The molecular formula is C8H12ClFN2. The van der Waals surface area contributed by atoms with Gasteiger partial charge in [0.2, 0.25) is 0 Å². The molecule has 0 bridgehead atoms. The molecule has 1 aromatic heterocycles. The van der Waals surface area contributed by atoms with Crippen LogP contribution in [-0.2, 0) is 6.54 Å². The summed E-state index contributed by atoms with van der Waals surface area (Å²) in [6.07, 6.45) is 1.80. The second-order valence-corrected chi connectivity index (χ2v) is 3.34. The molecule has 1 heterocycles. The van der Waals surface area contributed by atoms with Gasteiger partial charge in [-0.1, -0.05) is 25.4 Å². The van der Waals surface area contributed by atoms with Crippen molar-refractivity contribution in [3.05, 3.63) is 16.9 Å². The highest BCUT2D eigenvalue weighted by molar-refractivity contribution is 6.30. The molecule has 1 rings (SSSR count). The fourth-order valence-corrected chi connectivity index (χ4v) is 1.37. The van der Waals surface area contributed by atoms with Crippen molar-refractivity contribution in [2.24, 2.45) is 0 Å². The van der Waals surface area contributed by atoms with Gasteiger partial charge in [0.15, 0.2) is 5.15 Å². The highest BCUT2D eigenvalue weighted by Crippen LogP contribution is 2.22. The molecule has 0 saturated heterocycles. The van der Waals surface area contributed by atoms with Crippen LogP contribution in [0.15, 0.2) is 6.20 Å². The average Bonchev–Trinajstić information content (AvgIpc) is 2.32. The molecule has 12 heavy (non-hydrogen) atoms. The Bertz CT molecular complexity index is 258. The van der Waals surface area contributed by atoms with Crippen molar-refractivity contribution >= 4 is 11.6 Å². The van der Waals surface area contributed by atoms with Crippen molar-refractivity contribution in [1.29, 1.82) is 0 Å². The van der Waals surface area contributed by atoms with Crippen LogP contribution in [0.4, 0.5) is 4.39 Å². The summed E-state index contributed by atoms with van der Waals surface area (Å²) in [5, 5.41) is 4.45. The van der Waals surface area contributed by atoms with Crippen LogP contribution in [0.25, 0.3) is 0 Å². The monoisotopic (exact) mass is 190 g/mol. The lowest BCUT2D eigenvalue weighted by atomic mass is 10.1. The van der Waals surface area contributed by atoms with Gasteiger partial charge in [-0.3, -0.25) is 4.68 Å². The Morgan fingerprint density at radius 2 is 2.33 bits per heavy atom. The Balaban J connectivity index is 2.85. The van der Waals surface area contributed by atoms with E-state index in [1.165, 1.54) is 4.68 Å². The fraction of sp³-hybridized carbons (Fsp3) is 0.625. The first kappa shape index (κ1) is 9.52. The summed E-state index contributed by atoms with van der Waals surface area (Å²) in [4.78, 5) is 0. The maximum Gasteiger partial charge on any atom is 0.154 e. The van der Waals surface area contributed by atoms with E-state index in [0.29, 0.717) is 11.1 Å². The smallest absolute Gasteiger partial charge is 0.154 e. The van der Waals surface area contributed by atoms with Gasteiger partial charge in [-0.25, -0.2) is 4.39 Å². The Kier molecular flexibility index (Phi) is 3.09. The van der Waals surface area contributed by atoms with Crippen molar-refractivity contribution in [2.45, 2.75) is 26.3 Å². The number of nitrogens with zero attached hydrogens (tertiary/aromatic N) is 2. The van der Waals surface area contributed by atoms with Gasteiger partial charge in [0.05, 0.1) is 6.54 Å². The van der Waals surface area contributed by atoms with Crippen LogP contribution in [-0.4, -0.2) is 16.5 Å². The van der Waals surface area contributed by atoms with E-state index in [4.69, 9.17) is 11.6 Å². The normalized spacial score (nSPS) is 11.1. The zero-order valence-corrected chi connectivity index (χ0v) is 7.98. The second kappa shape index (κ2) is 3.90. The molecule has 0 aliphatic heterocycles. The molecule has 0 unspecified atom stereocenters. The molecule has 0 amide bonds. The van der Waals surface area contributed by atoms with Gasteiger partial charge >= 0.3 is 0 Å². The lowest BCUT2D eigenvalue weighted by Crippen LogP contribution is -1.99. The average molecular weight is 191 g/mol. The van der Waals surface area contributed by atoms with E-state index in [1.807, 2.05) is 13.8 Å². The molecule has 2 nitrogen and oxygen atoms in total. The van der Waals surface area contributed by atoms with Crippen molar-refractivity contribution in [3.8, 4) is 0 Å². The Labute approximate surface area is 76.3 Å². The third kappa shape index (κ3) is 1.97. The van der Waals surface area contributed by atoms with Gasteiger partial charge in [-0.15, -0.1) is 0 Å². The molecule has 4 heteroatoms. The van der Waals surface area contributed by atoms with Crippen LogP contribution in [0, 0.1) is 0 Å². The summed E-state index contributed by atoms with van der Waals surface area (Å²) in [6.45, 7) is 3.94. The standard InChI is InChI=1S/C8H12ClFN2/c1-6(2)7-5-12(4-3-10)11-8(7)9/h5-6H,3-4H2,1-2H3. The van der Waals surface area contributed by atoms with Crippen LogP contribution in [0.1, 0.15) is 25.3 Å². The molecule has 0 aromatic carbocycles. The van der Waals surface area contributed by atoms with Crippen molar-refractivity contribution in [2.75, 3.05) is 6.67 Å². The van der Waals surface area contributed by atoms with Gasteiger partial charge in [-0.05, 0) is 5.92 Å². The molecule has 0 aliphatic rings. The van der Waals surface area contributed by atoms with Crippen molar-refractivity contribution in [1.82, 2.24) is 9.78 Å². The molecule has 0 spiro atoms. The predicted octanol–water partition coefficient (Wildman–Crippen LogP) is 2.63. The zero-order valence-electron chi connectivity index (χ0n) is 7.22. The summed E-state index contributed by atoms with van der Waals surface area (Å²) < 4.78 is 13.5. The van der Waals surface area contributed by atoms with E-state index < -0.39 is 6.67 Å². The number of aryl methyl sites for hydroxylation is 1. The lowest BCUT2D eigenvalue weighted by Gasteiger charge is -1.98. The molecule has 0 atom stereocenters. The topological polar surface area (TPSA) is 17.8 Å². The largest absolute Gasteiger partial charge is 0.268 e. The second-order valence-electron chi connectivity index (χ2n) is 2.98. The minimum Gasteiger partial charge on any atom is -0.268 e. The first-order chi connectivity index (χ1) is 5.65. The Morgan fingerprint density at radius 1 is 1.67 bits per heavy atom. The van der Waals surface area contributed by atoms with E-state index in [2.05, 4.69) is 5.10 Å². The summed E-state index contributed by atoms with van der Waals surface area (Å²) >= 11 is 5.82. The maximum atomic E-state index is 11.9. The van der Waals surface area contributed by atoms with Crippen LogP contribution in [0.2, 0.25) is 5.15 Å². The number of halogens is 2. The van der Waals surface area contributed by atoms with Gasteiger partial charge in [0.1, 0.15) is 6.67 Å². The number of hydrogen-bond donors (Lipinski definition) is 0. The summed E-state index contributed by atoms with van der Waals surface area (Å²) in [5.41, 5.74) is 0.977. The molecule has 0 fully saturated rings. The minimum atomic E-state index is -0.407. The number of alkyl halides is 1. The molecule has 0 aliphatic carbocycles. The molecule has 68 valence electrons. The Hall–Kier alpha value is -0.570. The van der Waals surface area contributed by atoms with Crippen LogP contribution in [0.5, 0.6) is 0 Å². The maximum absolute atomic E-state index is 11.9. The van der Waals surface area contributed by atoms with Crippen LogP contribution >= 0.6 is 11.6 Å². The molecule has 1 aromatic rings. The predicted molar refractivity (Wildman–Crippen MR) is 47.3 cm³/mol. The van der Waals surface area contributed by atoms with E-state index in [1.54, 1.807) is 6.20 Å². The first-order valence-corrected chi connectivity index (χ1v) is 4.31. The fourth-order valence-electron chi connectivity index (χ4n) is 1.00. The third-order valence-corrected chi connectivity index (χ3v) is 1.97. The van der Waals surface area contributed by atoms with Crippen LogP contribution in [0.3, 0.4) is 0 Å². The molecule has 0 saturated carbocycles. The highest BCUT2D eigenvalue weighted by atomic mass is 35.5. The van der Waals surface area contributed by atoms with E-state index in [0.717, 1.165) is 5.56 Å².